The molecule has 0 fully saturated rings. The fourth-order valence-corrected chi connectivity index (χ4v) is 9.45. The van der Waals surface area contributed by atoms with E-state index in [1.54, 1.807) is 0 Å². The Labute approximate surface area is 328 Å². The van der Waals surface area contributed by atoms with Gasteiger partial charge in [-0.1, -0.05) is 142 Å². The summed E-state index contributed by atoms with van der Waals surface area (Å²) in [6.45, 7) is 6.93. The highest BCUT2D eigenvalue weighted by Gasteiger charge is 2.45. The zero-order valence-electron chi connectivity index (χ0n) is 31.8. The Hall–Kier alpha value is -6.78. The molecule has 3 heterocycles. The van der Waals surface area contributed by atoms with Crippen molar-refractivity contribution in [3.8, 4) is 16.8 Å². The van der Waals surface area contributed by atoms with Crippen molar-refractivity contribution in [3.05, 3.63) is 194 Å². The Kier molecular flexibility index (Phi) is 7.21. The molecule has 0 aliphatic carbocycles. The zero-order chi connectivity index (χ0) is 37.5. The first-order valence-corrected chi connectivity index (χ1v) is 19.7. The molecule has 0 saturated carbocycles. The average Bonchev–Trinajstić information content (AvgIpc) is 3.58. The van der Waals surface area contributed by atoms with Crippen molar-refractivity contribution in [3.63, 3.8) is 0 Å². The first-order chi connectivity index (χ1) is 27.5. The van der Waals surface area contributed by atoms with Crippen molar-refractivity contribution in [1.29, 1.82) is 0 Å². The van der Waals surface area contributed by atoms with Crippen LogP contribution in [0.1, 0.15) is 26.3 Å². The van der Waals surface area contributed by atoms with Crippen LogP contribution in [0.3, 0.4) is 0 Å². The van der Waals surface area contributed by atoms with Crippen LogP contribution in [-0.2, 0) is 5.41 Å². The SMILES string of the molecule is CC(C)(C)c1ccc2c(c1)N(c1ccccc1)c1cccc3c1B2c1c(ccc2c1c1ccccc1n2-c1ccccc1)N3c1ccccc1-c1ccccc1. The van der Waals surface area contributed by atoms with E-state index in [1.807, 2.05) is 0 Å². The van der Waals surface area contributed by atoms with Gasteiger partial charge in [0.25, 0.3) is 6.71 Å². The molecule has 2 aliphatic heterocycles. The van der Waals surface area contributed by atoms with Crippen molar-refractivity contribution in [2.45, 2.75) is 26.2 Å². The fourth-order valence-electron chi connectivity index (χ4n) is 9.45. The van der Waals surface area contributed by atoms with Crippen LogP contribution in [0.5, 0.6) is 0 Å². The maximum Gasteiger partial charge on any atom is 0.253 e. The summed E-state index contributed by atoms with van der Waals surface area (Å²) in [6, 6.07) is 69.4. The third-order valence-electron chi connectivity index (χ3n) is 11.9. The summed E-state index contributed by atoms with van der Waals surface area (Å²) >= 11 is 0. The molecule has 0 amide bonds. The highest BCUT2D eigenvalue weighted by atomic mass is 15.2. The molecule has 0 unspecified atom stereocenters. The molecule has 0 atom stereocenters. The summed E-state index contributed by atoms with van der Waals surface area (Å²) in [5.41, 5.74) is 18.5. The minimum atomic E-state index is -0.0156. The summed E-state index contributed by atoms with van der Waals surface area (Å²) in [7, 11) is 0. The molecule has 1 aromatic heterocycles. The maximum absolute atomic E-state index is 2.55. The molecule has 0 spiro atoms. The highest BCUT2D eigenvalue weighted by Crippen LogP contribution is 2.48. The predicted molar refractivity (Wildman–Crippen MR) is 239 cm³/mol. The van der Waals surface area contributed by atoms with Gasteiger partial charge in [-0.3, -0.25) is 0 Å². The number of anilines is 6. The normalized spacial score (nSPS) is 13.2. The number of aromatic nitrogens is 1. The standard InChI is InChI=1S/C52H40BN3/c1-52(2,3)36-30-31-41-48(34-36)55(38-22-11-6-12-23-38)45-28-17-29-46-50(45)53(41)51-47(56(46)42-26-15-13-24-39(42)35-18-7-4-8-19-35)33-32-44-49(51)40-25-14-16-27-43(40)54(44)37-20-9-5-10-21-37/h4-34H,1-3H3. The van der Waals surface area contributed by atoms with Gasteiger partial charge < -0.3 is 14.4 Å². The molecule has 266 valence electrons. The van der Waals surface area contributed by atoms with E-state index in [4.69, 9.17) is 0 Å². The first kappa shape index (κ1) is 32.6. The van der Waals surface area contributed by atoms with Crippen LogP contribution in [0, 0.1) is 0 Å². The van der Waals surface area contributed by atoms with E-state index in [0.29, 0.717) is 0 Å². The second kappa shape index (κ2) is 12.4. The molecule has 0 saturated heterocycles. The number of para-hydroxylation sites is 4. The molecular formula is C52H40BN3. The van der Waals surface area contributed by atoms with E-state index in [-0.39, 0.29) is 12.1 Å². The van der Waals surface area contributed by atoms with Crippen LogP contribution in [0.25, 0.3) is 38.6 Å². The predicted octanol–water partition coefficient (Wildman–Crippen LogP) is 11.8. The summed E-state index contributed by atoms with van der Waals surface area (Å²) in [6.07, 6.45) is 0. The van der Waals surface area contributed by atoms with Gasteiger partial charge in [0.05, 0.1) is 16.7 Å². The zero-order valence-corrected chi connectivity index (χ0v) is 31.8. The average molecular weight is 718 g/mol. The molecule has 4 heteroatoms. The van der Waals surface area contributed by atoms with Crippen LogP contribution >= 0.6 is 0 Å². The molecule has 2 aliphatic rings. The molecule has 8 aromatic carbocycles. The Morgan fingerprint density at radius 1 is 0.429 bits per heavy atom. The van der Waals surface area contributed by atoms with Crippen molar-refractivity contribution >= 4 is 79.0 Å². The van der Waals surface area contributed by atoms with E-state index in [1.165, 1.54) is 77.6 Å². The monoisotopic (exact) mass is 717 g/mol. The molecule has 9 aromatic rings. The van der Waals surface area contributed by atoms with E-state index < -0.39 is 0 Å². The molecule has 56 heavy (non-hydrogen) atoms. The second-order valence-corrected chi connectivity index (χ2v) is 16.1. The van der Waals surface area contributed by atoms with Gasteiger partial charge in [-0.2, -0.15) is 0 Å². The molecule has 11 rings (SSSR count). The molecule has 0 radical (unpaired) electrons. The quantitative estimate of drug-likeness (QED) is 0.168. The summed E-state index contributed by atoms with van der Waals surface area (Å²) in [4.78, 5) is 5.07. The third-order valence-corrected chi connectivity index (χ3v) is 11.9. The topological polar surface area (TPSA) is 11.4 Å². The number of hydrogen-bond donors (Lipinski definition) is 0. The Bertz CT molecular complexity index is 2960. The van der Waals surface area contributed by atoms with Gasteiger partial charge in [-0.05, 0) is 99.7 Å². The summed E-state index contributed by atoms with van der Waals surface area (Å²) in [5.74, 6) is 0. The summed E-state index contributed by atoms with van der Waals surface area (Å²) in [5, 5.41) is 2.56. The number of nitrogens with zero attached hydrogens (tertiary/aromatic N) is 3. The number of fused-ring (bicyclic) bond motifs is 8. The molecule has 3 nitrogen and oxygen atoms in total. The van der Waals surface area contributed by atoms with Gasteiger partial charge >= 0.3 is 0 Å². The fraction of sp³-hybridized carbons (Fsp3) is 0.0769. The molecule has 0 N–H and O–H groups in total. The van der Waals surface area contributed by atoms with E-state index >= 15 is 0 Å². The lowest BCUT2D eigenvalue weighted by Gasteiger charge is -2.45. The van der Waals surface area contributed by atoms with Gasteiger partial charge in [-0.25, -0.2) is 0 Å². The van der Waals surface area contributed by atoms with Crippen molar-refractivity contribution in [2.75, 3.05) is 9.80 Å². The van der Waals surface area contributed by atoms with Gasteiger partial charge in [-0.15, -0.1) is 0 Å². The molecular weight excluding hydrogens is 677 g/mol. The van der Waals surface area contributed by atoms with Crippen molar-refractivity contribution < 1.29 is 0 Å². The van der Waals surface area contributed by atoms with Crippen LogP contribution < -0.4 is 26.2 Å². The third kappa shape index (κ3) is 4.78. The van der Waals surface area contributed by atoms with Gasteiger partial charge in [0, 0.05) is 50.5 Å². The maximum atomic E-state index is 2.55. The van der Waals surface area contributed by atoms with E-state index in [0.717, 1.165) is 17.1 Å². The minimum Gasteiger partial charge on any atom is -0.311 e. The van der Waals surface area contributed by atoms with E-state index in [9.17, 15) is 0 Å². The Balaban J connectivity index is 1.31. The van der Waals surface area contributed by atoms with Gasteiger partial charge in [0.2, 0.25) is 0 Å². The lowest BCUT2D eigenvalue weighted by molar-refractivity contribution is 0.590. The lowest BCUT2D eigenvalue weighted by atomic mass is 9.33. The number of hydrogen-bond acceptors (Lipinski definition) is 2. The largest absolute Gasteiger partial charge is 0.311 e. The van der Waals surface area contributed by atoms with Crippen molar-refractivity contribution in [1.82, 2.24) is 4.57 Å². The van der Waals surface area contributed by atoms with Crippen LogP contribution in [0.15, 0.2) is 188 Å². The first-order valence-electron chi connectivity index (χ1n) is 19.7. The summed E-state index contributed by atoms with van der Waals surface area (Å²) < 4.78 is 2.46. The highest BCUT2D eigenvalue weighted by molar-refractivity contribution is 7.01. The van der Waals surface area contributed by atoms with Crippen LogP contribution in [0.4, 0.5) is 34.1 Å². The number of rotatable bonds is 4. The Morgan fingerprint density at radius 2 is 1.04 bits per heavy atom. The second-order valence-electron chi connectivity index (χ2n) is 16.1. The lowest BCUT2D eigenvalue weighted by Crippen LogP contribution is -2.61. The Morgan fingerprint density at radius 3 is 1.79 bits per heavy atom. The number of benzene rings is 8. The van der Waals surface area contributed by atoms with Crippen LogP contribution in [0.2, 0.25) is 0 Å². The van der Waals surface area contributed by atoms with Gasteiger partial charge in [0.15, 0.2) is 0 Å². The molecule has 0 bridgehead atoms. The van der Waals surface area contributed by atoms with Crippen LogP contribution in [-0.4, -0.2) is 11.3 Å². The van der Waals surface area contributed by atoms with Gasteiger partial charge in [0.1, 0.15) is 0 Å². The smallest absolute Gasteiger partial charge is 0.253 e. The minimum absolute atomic E-state index is 0.0148. The van der Waals surface area contributed by atoms with E-state index in [2.05, 4.69) is 223 Å². The van der Waals surface area contributed by atoms with Crippen molar-refractivity contribution in [2.24, 2.45) is 0 Å².